The van der Waals surface area contributed by atoms with Crippen LogP contribution < -0.4 is 5.73 Å². The SMILES string of the molecule is Nc1c(C(=O)O)ccnc1-c1n[nH]c2ccc(Cl)cc12. The summed E-state index contributed by atoms with van der Waals surface area (Å²) in [5, 5.41) is 17.4. The van der Waals surface area contributed by atoms with Gasteiger partial charge in [0, 0.05) is 16.6 Å². The Labute approximate surface area is 118 Å². The smallest absolute Gasteiger partial charge is 0.337 e. The van der Waals surface area contributed by atoms with Crippen LogP contribution in [0.15, 0.2) is 30.5 Å². The van der Waals surface area contributed by atoms with Crippen LogP contribution in [0, 0.1) is 0 Å². The molecular formula is C13H9ClN4O2. The first-order valence-electron chi connectivity index (χ1n) is 5.69. The van der Waals surface area contributed by atoms with Crippen LogP contribution in [0.5, 0.6) is 0 Å². The Morgan fingerprint density at radius 1 is 1.30 bits per heavy atom. The van der Waals surface area contributed by atoms with Gasteiger partial charge in [-0.1, -0.05) is 11.6 Å². The van der Waals surface area contributed by atoms with Crippen LogP contribution in [-0.4, -0.2) is 26.3 Å². The number of fused-ring (bicyclic) bond motifs is 1. The number of nitrogen functional groups attached to an aromatic ring is 1. The zero-order valence-corrected chi connectivity index (χ0v) is 10.8. The molecule has 2 aromatic heterocycles. The predicted molar refractivity (Wildman–Crippen MR) is 75.7 cm³/mol. The fourth-order valence-electron chi connectivity index (χ4n) is 2.02. The van der Waals surface area contributed by atoms with E-state index in [2.05, 4.69) is 15.2 Å². The van der Waals surface area contributed by atoms with Crippen molar-refractivity contribution in [1.29, 1.82) is 0 Å². The van der Waals surface area contributed by atoms with E-state index in [1.165, 1.54) is 12.3 Å². The van der Waals surface area contributed by atoms with Crippen molar-refractivity contribution in [2.75, 3.05) is 5.73 Å². The zero-order chi connectivity index (χ0) is 14.3. The van der Waals surface area contributed by atoms with Crippen molar-refractivity contribution in [2.45, 2.75) is 0 Å². The molecule has 7 heteroatoms. The quantitative estimate of drug-likeness (QED) is 0.672. The molecule has 0 spiro atoms. The fourth-order valence-corrected chi connectivity index (χ4v) is 2.19. The first-order valence-corrected chi connectivity index (χ1v) is 6.07. The lowest BCUT2D eigenvalue weighted by atomic mass is 10.1. The number of aromatic nitrogens is 3. The first-order chi connectivity index (χ1) is 9.58. The number of nitrogens with zero attached hydrogens (tertiary/aromatic N) is 2. The molecule has 0 radical (unpaired) electrons. The zero-order valence-electron chi connectivity index (χ0n) is 10.1. The van der Waals surface area contributed by atoms with E-state index in [0.717, 1.165) is 10.9 Å². The highest BCUT2D eigenvalue weighted by Crippen LogP contribution is 2.31. The number of aromatic carboxylic acids is 1. The van der Waals surface area contributed by atoms with Crippen molar-refractivity contribution in [3.63, 3.8) is 0 Å². The van der Waals surface area contributed by atoms with Gasteiger partial charge in [0.15, 0.2) is 0 Å². The van der Waals surface area contributed by atoms with E-state index in [1.54, 1.807) is 18.2 Å². The summed E-state index contributed by atoms with van der Waals surface area (Å²) in [5.74, 6) is -1.11. The lowest BCUT2D eigenvalue weighted by Crippen LogP contribution is -2.05. The number of aromatic amines is 1. The van der Waals surface area contributed by atoms with Crippen molar-refractivity contribution >= 4 is 34.2 Å². The number of H-pyrrole nitrogens is 1. The first kappa shape index (κ1) is 12.4. The molecule has 6 nitrogen and oxygen atoms in total. The lowest BCUT2D eigenvalue weighted by Gasteiger charge is -2.05. The van der Waals surface area contributed by atoms with Gasteiger partial charge in [0.05, 0.1) is 16.8 Å². The number of nitrogens with two attached hydrogens (primary N) is 1. The Hall–Kier alpha value is -2.60. The van der Waals surface area contributed by atoms with Crippen LogP contribution in [0.4, 0.5) is 5.69 Å². The van der Waals surface area contributed by atoms with Gasteiger partial charge in [-0.05, 0) is 24.3 Å². The van der Waals surface area contributed by atoms with Gasteiger partial charge < -0.3 is 10.8 Å². The molecule has 0 fully saturated rings. The summed E-state index contributed by atoms with van der Waals surface area (Å²) < 4.78 is 0. The molecule has 0 aliphatic carbocycles. The van der Waals surface area contributed by atoms with E-state index < -0.39 is 5.97 Å². The van der Waals surface area contributed by atoms with Gasteiger partial charge in [-0.2, -0.15) is 5.10 Å². The third-order valence-electron chi connectivity index (χ3n) is 2.97. The molecule has 0 aliphatic heterocycles. The second-order valence-corrected chi connectivity index (χ2v) is 4.62. The largest absolute Gasteiger partial charge is 0.478 e. The molecule has 0 amide bonds. The van der Waals surface area contributed by atoms with Gasteiger partial charge >= 0.3 is 5.97 Å². The van der Waals surface area contributed by atoms with Crippen LogP contribution in [0.25, 0.3) is 22.3 Å². The van der Waals surface area contributed by atoms with E-state index in [1.807, 2.05) is 0 Å². The molecule has 0 bridgehead atoms. The van der Waals surface area contributed by atoms with Crippen molar-refractivity contribution in [3.05, 3.63) is 41.0 Å². The highest BCUT2D eigenvalue weighted by atomic mass is 35.5. The molecule has 0 saturated heterocycles. The number of carboxylic acid groups (broad SMARTS) is 1. The molecule has 0 unspecified atom stereocenters. The second-order valence-electron chi connectivity index (χ2n) is 4.19. The lowest BCUT2D eigenvalue weighted by molar-refractivity contribution is 0.0698. The van der Waals surface area contributed by atoms with Gasteiger partial charge in [0.2, 0.25) is 0 Å². The summed E-state index contributed by atoms with van der Waals surface area (Å²) in [6.07, 6.45) is 1.39. The Kier molecular flexibility index (Phi) is 2.80. The maximum atomic E-state index is 11.1. The van der Waals surface area contributed by atoms with Crippen molar-refractivity contribution in [2.24, 2.45) is 0 Å². The number of pyridine rings is 1. The minimum absolute atomic E-state index is 0.00632. The third-order valence-corrected chi connectivity index (χ3v) is 3.20. The van der Waals surface area contributed by atoms with E-state index in [0.29, 0.717) is 16.4 Å². The number of hydrogen-bond acceptors (Lipinski definition) is 4. The molecular weight excluding hydrogens is 280 g/mol. The van der Waals surface area contributed by atoms with Gasteiger partial charge in [0.1, 0.15) is 11.4 Å². The molecule has 100 valence electrons. The fraction of sp³-hybridized carbons (Fsp3) is 0. The van der Waals surface area contributed by atoms with Crippen molar-refractivity contribution in [3.8, 4) is 11.4 Å². The molecule has 4 N–H and O–H groups in total. The number of anilines is 1. The normalized spacial score (nSPS) is 10.8. The molecule has 0 atom stereocenters. The molecule has 2 heterocycles. The molecule has 20 heavy (non-hydrogen) atoms. The average Bonchev–Trinajstić information content (AvgIpc) is 2.81. The summed E-state index contributed by atoms with van der Waals surface area (Å²) in [6.45, 7) is 0. The number of carboxylic acids is 1. The highest BCUT2D eigenvalue weighted by molar-refractivity contribution is 6.31. The summed E-state index contributed by atoms with van der Waals surface area (Å²) in [5.41, 5.74) is 7.51. The van der Waals surface area contributed by atoms with Crippen LogP contribution in [0.2, 0.25) is 5.02 Å². The average molecular weight is 289 g/mol. The molecule has 0 saturated carbocycles. The number of halogens is 1. The number of nitrogens with one attached hydrogen (secondary N) is 1. The van der Waals surface area contributed by atoms with Gasteiger partial charge in [0.25, 0.3) is 0 Å². The predicted octanol–water partition coefficient (Wildman–Crippen LogP) is 2.56. The molecule has 3 aromatic rings. The Morgan fingerprint density at radius 3 is 2.85 bits per heavy atom. The second kappa shape index (κ2) is 4.50. The van der Waals surface area contributed by atoms with Gasteiger partial charge in [-0.15, -0.1) is 0 Å². The Morgan fingerprint density at radius 2 is 2.10 bits per heavy atom. The maximum Gasteiger partial charge on any atom is 0.337 e. The van der Waals surface area contributed by atoms with E-state index in [4.69, 9.17) is 22.4 Å². The van der Waals surface area contributed by atoms with Gasteiger partial charge in [-0.3, -0.25) is 10.1 Å². The topological polar surface area (TPSA) is 105 Å². The number of carbonyl (C=O) groups is 1. The van der Waals surface area contributed by atoms with E-state index in [9.17, 15) is 4.79 Å². The maximum absolute atomic E-state index is 11.1. The van der Waals surface area contributed by atoms with E-state index >= 15 is 0 Å². The Bertz CT molecular complexity index is 828. The number of rotatable bonds is 2. The van der Waals surface area contributed by atoms with E-state index in [-0.39, 0.29) is 11.3 Å². The van der Waals surface area contributed by atoms with Crippen molar-refractivity contribution in [1.82, 2.24) is 15.2 Å². The summed E-state index contributed by atoms with van der Waals surface area (Å²) >= 11 is 5.97. The highest BCUT2D eigenvalue weighted by Gasteiger charge is 2.17. The summed E-state index contributed by atoms with van der Waals surface area (Å²) in [7, 11) is 0. The monoisotopic (exact) mass is 288 g/mol. The molecule has 1 aromatic carbocycles. The molecule has 3 rings (SSSR count). The Balaban J connectivity index is 2.28. The minimum atomic E-state index is -1.11. The summed E-state index contributed by atoms with van der Waals surface area (Å²) in [4.78, 5) is 15.2. The summed E-state index contributed by atoms with van der Waals surface area (Å²) in [6, 6.07) is 6.59. The van der Waals surface area contributed by atoms with Crippen LogP contribution in [-0.2, 0) is 0 Å². The minimum Gasteiger partial charge on any atom is -0.478 e. The van der Waals surface area contributed by atoms with Gasteiger partial charge in [-0.25, -0.2) is 4.79 Å². The van der Waals surface area contributed by atoms with Crippen LogP contribution in [0.1, 0.15) is 10.4 Å². The number of hydrogen-bond donors (Lipinski definition) is 3. The standard InChI is InChI=1S/C13H9ClN4O2/c14-6-1-2-9-8(5-6)11(18-17-9)12-10(15)7(13(19)20)3-4-16-12/h1-5H,15H2,(H,17,18)(H,19,20). The van der Waals surface area contributed by atoms with Crippen LogP contribution in [0.3, 0.4) is 0 Å². The number of benzene rings is 1. The van der Waals surface area contributed by atoms with Crippen molar-refractivity contribution < 1.29 is 9.90 Å². The van der Waals surface area contributed by atoms with Crippen LogP contribution >= 0.6 is 11.6 Å². The molecule has 0 aliphatic rings. The third kappa shape index (κ3) is 1.86.